The quantitative estimate of drug-likeness (QED) is 0.290. The van der Waals surface area contributed by atoms with Crippen LogP contribution in [-0.4, -0.2) is 30.9 Å². The zero-order valence-corrected chi connectivity index (χ0v) is 11.3. The maximum Gasteiger partial charge on any atom is 0.330 e. The van der Waals surface area contributed by atoms with Crippen LogP contribution >= 0.6 is 11.3 Å². The summed E-state index contributed by atoms with van der Waals surface area (Å²) >= 11 is 0.963. The normalized spacial score (nSPS) is 19.5. The van der Waals surface area contributed by atoms with Crippen LogP contribution in [0.2, 0.25) is 0 Å². The van der Waals surface area contributed by atoms with Crippen LogP contribution in [0.25, 0.3) is 5.70 Å². The van der Waals surface area contributed by atoms with Gasteiger partial charge in [0.15, 0.2) is 15.6 Å². The van der Waals surface area contributed by atoms with Crippen LogP contribution in [-0.2, 0) is 0 Å². The fraction of sp³-hybridized carbons (Fsp3) is 0.111. The Hall–Kier alpha value is -3.22. The molecule has 0 fully saturated rings. The molecule has 0 spiro atoms. The van der Waals surface area contributed by atoms with Crippen molar-refractivity contribution in [2.75, 3.05) is 5.73 Å². The number of nitrogens with two attached hydrogens (primary N) is 1. The summed E-state index contributed by atoms with van der Waals surface area (Å²) in [6.07, 6.45) is 2.15. The van der Waals surface area contributed by atoms with Crippen molar-refractivity contribution in [2.24, 2.45) is 0 Å². The third-order valence-electron chi connectivity index (χ3n) is 3.04. The monoisotopic (exact) mass is 327 g/mol. The molecule has 2 aromatic heterocycles. The number of thiazole rings is 1. The summed E-state index contributed by atoms with van der Waals surface area (Å²) in [6.45, 7) is 0. The first-order chi connectivity index (χ1) is 10.4. The molecule has 0 amide bonds. The molecule has 4 N–H and O–H groups in total. The number of nitrogens with one attached hydrogen (secondary N) is 1. The molecule has 1 unspecified atom stereocenters. The molecule has 0 radical (unpaired) electrons. The Morgan fingerprint density at radius 2 is 2.27 bits per heavy atom. The largest absolute Gasteiger partial charge is 0.417 e. The molecule has 12 nitrogen and oxygen atoms in total. The van der Waals surface area contributed by atoms with E-state index in [1.807, 2.05) is 0 Å². The number of hydrogen-bond donors (Lipinski definition) is 3. The molecular formula is C9H7N6O6S+. The van der Waals surface area contributed by atoms with Crippen LogP contribution in [0.5, 0.6) is 0 Å². The standard InChI is InChI=1S/C9H7N6O6S/c10-9-11-2-5(22-9)6-3(13(16)17)1-4(14(18)19)7-8(6)15(20)21-12-7/h1-2,6,12H,(H2,10,11)(H,16,17)/q+1. The van der Waals surface area contributed by atoms with Crippen molar-refractivity contribution in [1.82, 2.24) is 10.1 Å². The lowest BCUT2D eigenvalue weighted by Crippen LogP contribution is -2.32. The van der Waals surface area contributed by atoms with Crippen molar-refractivity contribution < 1.29 is 24.3 Å². The number of nitrogen functional groups attached to an aromatic ring is 1. The van der Waals surface area contributed by atoms with Gasteiger partial charge in [-0.3, -0.25) is 15.3 Å². The number of allylic oxidation sites excluding steroid dienone is 1. The highest BCUT2D eigenvalue weighted by Gasteiger charge is 2.49. The first kappa shape index (κ1) is 13.7. The van der Waals surface area contributed by atoms with Gasteiger partial charge in [0, 0.05) is 16.0 Å². The Morgan fingerprint density at radius 3 is 2.82 bits per heavy atom. The molecule has 0 aromatic carbocycles. The van der Waals surface area contributed by atoms with Gasteiger partial charge in [0.25, 0.3) is 17.1 Å². The first-order valence-corrected chi connectivity index (χ1v) is 6.47. The number of aromatic amines is 1. The number of H-pyrrole nitrogens is 1. The van der Waals surface area contributed by atoms with E-state index in [9.17, 15) is 25.4 Å². The summed E-state index contributed by atoms with van der Waals surface area (Å²) in [6, 6.07) is 0. The Bertz CT molecular complexity index is 887. The average molecular weight is 327 g/mol. The number of nitrogens with zero attached hydrogens (tertiary/aromatic N) is 4. The third-order valence-corrected chi connectivity index (χ3v) is 3.93. The summed E-state index contributed by atoms with van der Waals surface area (Å²) < 4.78 is 4.51. The number of nitro groups is 1. The fourth-order valence-corrected chi connectivity index (χ4v) is 2.98. The van der Waals surface area contributed by atoms with E-state index < -0.39 is 27.2 Å². The minimum atomic E-state index is -1.11. The van der Waals surface area contributed by atoms with E-state index in [1.54, 1.807) is 0 Å². The Kier molecular flexibility index (Phi) is 2.91. The second kappa shape index (κ2) is 4.66. The van der Waals surface area contributed by atoms with Crippen LogP contribution in [0.1, 0.15) is 22.2 Å². The number of aromatic nitrogens is 3. The molecule has 0 aliphatic heterocycles. The molecule has 22 heavy (non-hydrogen) atoms. The number of rotatable bonds is 2. The summed E-state index contributed by atoms with van der Waals surface area (Å²) in [7, 11) is 0. The lowest BCUT2D eigenvalue weighted by atomic mass is 9.90. The van der Waals surface area contributed by atoms with E-state index in [0.717, 1.165) is 17.4 Å². The van der Waals surface area contributed by atoms with Crippen molar-refractivity contribution in [2.45, 2.75) is 5.92 Å². The minimum Gasteiger partial charge on any atom is -0.417 e. The van der Waals surface area contributed by atoms with Gasteiger partial charge < -0.3 is 10.9 Å². The zero-order valence-electron chi connectivity index (χ0n) is 10.5. The van der Waals surface area contributed by atoms with E-state index >= 15 is 0 Å². The van der Waals surface area contributed by atoms with E-state index in [1.165, 1.54) is 6.20 Å². The summed E-state index contributed by atoms with van der Waals surface area (Å²) in [5.74, 6) is -1.11. The smallest absolute Gasteiger partial charge is 0.330 e. The number of fused-ring (bicyclic) bond motifs is 1. The van der Waals surface area contributed by atoms with Crippen molar-refractivity contribution in [3.05, 3.63) is 48.8 Å². The summed E-state index contributed by atoms with van der Waals surface area (Å²) in [4.78, 5) is 25.6. The van der Waals surface area contributed by atoms with Gasteiger partial charge in [-0.05, 0) is 4.91 Å². The van der Waals surface area contributed by atoms with Crippen molar-refractivity contribution in [1.29, 1.82) is 0 Å². The minimum absolute atomic E-state index is 0.00406. The molecule has 114 valence electrons. The van der Waals surface area contributed by atoms with Gasteiger partial charge in [-0.25, -0.2) is 4.98 Å². The van der Waals surface area contributed by atoms with E-state index in [-0.39, 0.29) is 21.1 Å². The molecule has 1 atom stereocenters. The second-order valence-electron chi connectivity index (χ2n) is 4.23. The molecule has 1 aliphatic rings. The second-order valence-corrected chi connectivity index (χ2v) is 5.32. The van der Waals surface area contributed by atoms with Crippen molar-refractivity contribution in [3.63, 3.8) is 0 Å². The Labute approximate surface area is 123 Å². The third kappa shape index (κ3) is 1.91. The molecule has 0 bridgehead atoms. The highest BCUT2D eigenvalue weighted by molar-refractivity contribution is 7.15. The van der Waals surface area contributed by atoms with Gasteiger partial charge >= 0.3 is 5.70 Å². The number of hydrogen-bond acceptors (Lipinski definition) is 9. The van der Waals surface area contributed by atoms with Crippen LogP contribution < -0.4 is 10.3 Å². The predicted molar refractivity (Wildman–Crippen MR) is 70.2 cm³/mol. The summed E-state index contributed by atoms with van der Waals surface area (Å²) in [5.41, 5.74) is 4.05. The molecular weight excluding hydrogens is 320 g/mol. The summed E-state index contributed by atoms with van der Waals surface area (Å²) in [5, 5.41) is 34.0. The Balaban J connectivity index is 2.33. The van der Waals surface area contributed by atoms with E-state index in [0.29, 0.717) is 4.88 Å². The molecule has 13 heteroatoms. The highest BCUT2D eigenvalue weighted by Crippen LogP contribution is 2.37. The van der Waals surface area contributed by atoms with Gasteiger partial charge in [-0.15, -0.1) is 11.3 Å². The maximum absolute atomic E-state index is 11.8. The van der Waals surface area contributed by atoms with Crippen LogP contribution in [0.15, 0.2) is 16.9 Å². The molecule has 1 aliphatic carbocycles. The van der Waals surface area contributed by atoms with Gasteiger partial charge in [-0.2, -0.15) is 0 Å². The van der Waals surface area contributed by atoms with Gasteiger partial charge in [0.05, 0.1) is 11.0 Å². The van der Waals surface area contributed by atoms with E-state index in [2.05, 4.69) is 14.8 Å². The molecule has 2 aromatic rings. The lowest BCUT2D eigenvalue weighted by molar-refractivity contribution is -0.730. The first-order valence-electron chi connectivity index (χ1n) is 5.65. The molecule has 0 saturated carbocycles. The van der Waals surface area contributed by atoms with Crippen molar-refractivity contribution >= 4 is 27.9 Å². The molecule has 2 heterocycles. The lowest BCUT2D eigenvalue weighted by Gasteiger charge is -2.10. The van der Waals surface area contributed by atoms with Gasteiger partial charge in [-0.1, -0.05) is 9.79 Å². The van der Waals surface area contributed by atoms with Crippen LogP contribution in [0.4, 0.5) is 5.13 Å². The molecule has 3 rings (SSSR count). The van der Waals surface area contributed by atoms with Gasteiger partial charge in [0.1, 0.15) is 0 Å². The average Bonchev–Trinajstić information content (AvgIpc) is 3.04. The highest BCUT2D eigenvalue weighted by atomic mass is 32.1. The van der Waals surface area contributed by atoms with Crippen LogP contribution in [0, 0.1) is 20.2 Å². The SMILES string of the molecule is Nc1ncc(C2C(=[N+]([O-])O)C=C([N+](=O)[O-])c3[nH]o[n+](=O)c32)s1. The van der Waals surface area contributed by atoms with Gasteiger partial charge in [0.2, 0.25) is 0 Å². The zero-order chi connectivity index (χ0) is 16.0. The topological polar surface area (TPSA) is 180 Å². The number of anilines is 1. The van der Waals surface area contributed by atoms with Crippen LogP contribution in [0.3, 0.4) is 0 Å². The predicted octanol–water partition coefficient (Wildman–Crippen LogP) is -0.335. The molecule has 0 saturated heterocycles. The Morgan fingerprint density at radius 1 is 1.55 bits per heavy atom. The van der Waals surface area contributed by atoms with E-state index in [4.69, 9.17) is 5.73 Å². The fourth-order valence-electron chi connectivity index (χ4n) is 2.17. The van der Waals surface area contributed by atoms with Crippen molar-refractivity contribution in [3.8, 4) is 0 Å². The maximum atomic E-state index is 11.8.